The molecule has 2 N–H and O–H groups in total. The summed E-state index contributed by atoms with van der Waals surface area (Å²) in [5.74, 6) is 1.61. The molecule has 0 aliphatic rings. The van der Waals surface area contributed by atoms with E-state index in [1.54, 1.807) is 20.1 Å². The van der Waals surface area contributed by atoms with Gasteiger partial charge in [-0.1, -0.05) is 17.3 Å². The molecule has 24 heavy (non-hydrogen) atoms. The molecule has 1 amide bonds. The Kier molecular flexibility index (Phi) is 4.37. The van der Waals surface area contributed by atoms with Crippen molar-refractivity contribution in [1.82, 2.24) is 15.1 Å². The summed E-state index contributed by atoms with van der Waals surface area (Å²) in [5.41, 5.74) is 1.04. The molecule has 3 rings (SSSR count). The Morgan fingerprint density at radius 1 is 1.21 bits per heavy atom. The Balaban J connectivity index is 1.70. The van der Waals surface area contributed by atoms with Gasteiger partial charge in [-0.15, -0.1) is 0 Å². The lowest BCUT2D eigenvalue weighted by Crippen LogP contribution is -2.13. The van der Waals surface area contributed by atoms with Gasteiger partial charge in [0.15, 0.2) is 5.82 Å². The molecule has 0 atom stereocenters. The molecular weight excluding hydrogens is 310 g/mol. The second-order valence-electron chi connectivity index (χ2n) is 4.90. The number of anilines is 3. The first-order valence-corrected chi connectivity index (χ1v) is 7.12. The van der Waals surface area contributed by atoms with Crippen molar-refractivity contribution in [2.45, 2.75) is 6.92 Å². The summed E-state index contributed by atoms with van der Waals surface area (Å²) in [5, 5.41) is 9.34. The van der Waals surface area contributed by atoms with Crippen molar-refractivity contribution >= 4 is 23.4 Å². The third-order valence-electron chi connectivity index (χ3n) is 3.14. The van der Waals surface area contributed by atoms with E-state index in [2.05, 4.69) is 25.8 Å². The quantitative estimate of drug-likeness (QED) is 0.743. The number of aromatic nitrogens is 3. The van der Waals surface area contributed by atoms with E-state index < -0.39 is 0 Å². The summed E-state index contributed by atoms with van der Waals surface area (Å²) >= 11 is 0. The van der Waals surface area contributed by atoms with Crippen LogP contribution in [-0.4, -0.2) is 28.1 Å². The van der Waals surface area contributed by atoms with E-state index in [-0.39, 0.29) is 5.91 Å². The highest BCUT2D eigenvalue weighted by atomic mass is 16.5. The van der Waals surface area contributed by atoms with Gasteiger partial charge in [-0.05, 0) is 19.1 Å². The van der Waals surface area contributed by atoms with Gasteiger partial charge in [0.25, 0.3) is 5.91 Å². The number of rotatable bonds is 5. The molecule has 0 saturated carbocycles. The molecule has 2 heterocycles. The van der Waals surface area contributed by atoms with E-state index in [1.807, 2.05) is 24.3 Å². The average Bonchev–Trinajstić information content (AvgIpc) is 3.01. The van der Waals surface area contributed by atoms with E-state index in [9.17, 15) is 4.79 Å². The maximum absolute atomic E-state index is 12.1. The van der Waals surface area contributed by atoms with Crippen LogP contribution < -0.4 is 15.4 Å². The number of carbonyl (C=O) groups is 1. The van der Waals surface area contributed by atoms with Crippen LogP contribution in [-0.2, 0) is 0 Å². The molecule has 0 aliphatic carbocycles. The normalized spacial score (nSPS) is 10.2. The van der Waals surface area contributed by atoms with Crippen molar-refractivity contribution in [3.8, 4) is 5.75 Å². The van der Waals surface area contributed by atoms with Crippen molar-refractivity contribution in [3.05, 3.63) is 54.0 Å². The molecule has 0 saturated heterocycles. The van der Waals surface area contributed by atoms with Gasteiger partial charge in [0.05, 0.1) is 18.4 Å². The number of amides is 1. The number of aryl methyl sites for hydroxylation is 1. The molecule has 0 spiro atoms. The highest BCUT2D eigenvalue weighted by Gasteiger charge is 2.11. The first-order chi connectivity index (χ1) is 11.7. The van der Waals surface area contributed by atoms with Crippen LogP contribution in [0.1, 0.15) is 16.1 Å². The number of hydrogen-bond donors (Lipinski definition) is 2. The van der Waals surface area contributed by atoms with Crippen molar-refractivity contribution in [1.29, 1.82) is 0 Å². The summed E-state index contributed by atoms with van der Waals surface area (Å²) in [6, 6.07) is 9.02. The van der Waals surface area contributed by atoms with E-state index in [0.29, 0.717) is 28.8 Å². The predicted octanol–water partition coefficient (Wildman–Crippen LogP) is 2.78. The molecule has 0 radical (unpaired) electrons. The second kappa shape index (κ2) is 6.78. The Labute approximate surface area is 137 Å². The van der Waals surface area contributed by atoms with Crippen LogP contribution in [0.15, 0.2) is 47.2 Å². The van der Waals surface area contributed by atoms with Crippen LogP contribution in [0.5, 0.6) is 5.75 Å². The lowest BCUT2D eigenvalue weighted by molar-refractivity contribution is 0.102. The largest absolute Gasteiger partial charge is 0.495 e. The van der Waals surface area contributed by atoms with Crippen LogP contribution >= 0.6 is 0 Å². The van der Waals surface area contributed by atoms with Crippen LogP contribution in [0, 0.1) is 6.92 Å². The zero-order chi connectivity index (χ0) is 16.9. The van der Waals surface area contributed by atoms with Crippen molar-refractivity contribution in [3.63, 3.8) is 0 Å². The van der Waals surface area contributed by atoms with Gasteiger partial charge in [0.1, 0.15) is 11.5 Å². The molecule has 0 aliphatic heterocycles. The Morgan fingerprint density at radius 2 is 1.96 bits per heavy atom. The number of nitrogens with zero attached hydrogens (tertiary/aromatic N) is 3. The minimum atomic E-state index is -0.368. The topological polar surface area (TPSA) is 102 Å². The standard InChI is InChI=1S/C16H15N5O3/c1-10-7-14(21-24-10)20-15(22)11-8-17-16(18-9-11)19-12-5-3-4-6-13(12)23-2/h3-9H,1-2H3,(H,17,18,19)(H,20,21,22). The van der Waals surface area contributed by atoms with Gasteiger partial charge in [-0.25, -0.2) is 9.97 Å². The highest BCUT2D eigenvalue weighted by molar-refractivity contribution is 6.03. The van der Waals surface area contributed by atoms with E-state index in [4.69, 9.17) is 9.26 Å². The summed E-state index contributed by atoms with van der Waals surface area (Å²) in [6.45, 7) is 1.74. The molecule has 8 heteroatoms. The average molecular weight is 325 g/mol. The van der Waals surface area contributed by atoms with Gasteiger partial charge in [-0.3, -0.25) is 4.79 Å². The lowest BCUT2D eigenvalue weighted by atomic mass is 10.3. The number of ether oxygens (including phenoxy) is 1. The molecule has 8 nitrogen and oxygen atoms in total. The van der Waals surface area contributed by atoms with Crippen molar-refractivity contribution in [2.75, 3.05) is 17.7 Å². The number of hydrogen-bond acceptors (Lipinski definition) is 7. The Morgan fingerprint density at radius 3 is 2.62 bits per heavy atom. The Bertz CT molecular complexity index is 845. The molecular formula is C16H15N5O3. The lowest BCUT2D eigenvalue weighted by Gasteiger charge is -2.09. The van der Waals surface area contributed by atoms with E-state index in [0.717, 1.165) is 5.69 Å². The van der Waals surface area contributed by atoms with E-state index in [1.165, 1.54) is 12.4 Å². The van der Waals surface area contributed by atoms with Gasteiger partial charge in [0, 0.05) is 18.5 Å². The molecule has 2 aromatic heterocycles. The fourth-order valence-electron chi connectivity index (χ4n) is 1.99. The van der Waals surface area contributed by atoms with Crippen molar-refractivity contribution < 1.29 is 14.1 Å². The number of benzene rings is 1. The first kappa shape index (κ1) is 15.5. The molecule has 0 unspecified atom stereocenters. The van der Waals surface area contributed by atoms with Crippen LogP contribution in [0.25, 0.3) is 0 Å². The number of nitrogens with one attached hydrogen (secondary N) is 2. The van der Waals surface area contributed by atoms with Crippen LogP contribution in [0.3, 0.4) is 0 Å². The SMILES string of the molecule is COc1ccccc1Nc1ncc(C(=O)Nc2cc(C)on2)cn1. The van der Waals surface area contributed by atoms with Gasteiger partial charge < -0.3 is 19.9 Å². The molecule has 122 valence electrons. The van der Waals surface area contributed by atoms with E-state index >= 15 is 0 Å². The van der Waals surface area contributed by atoms with Crippen LogP contribution in [0.2, 0.25) is 0 Å². The summed E-state index contributed by atoms with van der Waals surface area (Å²) in [6.07, 6.45) is 2.85. The first-order valence-electron chi connectivity index (χ1n) is 7.12. The number of carbonyl (C=O) groups excluding carboxylic acids is 1. The highest BCUT2D eigenvalue weighted by Crippen LogP contribution is 2.25. The van der Waals surface area contributed by atoms with Crippen LogP contribution in [0.4, 0.5) is 17.5 Å². The molecule has 1 aromatic carbocycles. The number of methoxy groups -OCH3 is 1. The van der Waals surface area contributed by atoms with Crippen molar-refractivity contribution in [2.24, 2.45) is 0 Å². The minimum Gasteiger partial charge on any atom is -0.495 e. The fraction of sp³-hybridized carbons (Fsp3) is 0.125. The monoisotopic (exact) mass is 325 g/mol. The van der Waals surface area contributed by atoms with Gasteiger partial charge in [0.2, 0.25) is 5.95 Å². The smallest absolute Gasteiger partial charge is 0.260 e. The maximum atomic E-state index is 12.1. The summed E-state index contributed by atoms with van der Waals surface area (Å²) in [7, 11) is 1.58. The second-order valence-corrected chi connectivity index (χ2v) is 4.90. The molecule has 0 fully saturated rings. The predicted molar refractivity (Wildman–Crippen MR) is 87.5 cm³/mol. The fourth-order valence-corrected chi connectivity index (χ4v) is 1.99. The summed E-state index contributed by atoms with van der Waals surface area (Å²) < 4.78 is 10.1. The zero-order valence-corrected chi connectivity index (χ0v) is 13.1. The maximum Gasteiger partial charge on any atom is 0.260 e. The van der Waals surface area contributed by atoms with Gasteiger partial charge >= 0.3 is 0 Å². The minimum absolute atomic E-state index is 0.307. The summed E-state index contributed by atoms with van der Waals surface area (Å²) in [4.78, 5) is 20.3. The molecule has 3 aromatic rings. The third-order valence-corrected chi connectivity index (χ3v) is 3.14. The molecule has 0 bridgehead atoms. The van der Waals surface area contributed by atoms with Gasteiger partial charge in [-0.2, -0.15) is 0 Å². The Hall–Kier alpha value is -3.42. The third kappa shape index (κ3) is 3.49. The zero-order valence-electron chi connectivity index (χ0n) is 13.1. The number of para-hydroxylation sites is 2.